The first-order valence-corrected chi connectivity index (χ1v) is 11.8. The van der Waals surface area contributed by atoms with Crippen LogP contribution in [0.25, 0.3) is 38.1 Å². The van der Waals surface area contributed by atoms with E-state index in [0.717, 1.165) is 72.9 Å². The molecule has 6 nitrogen and oxygen atoms in total. The number of halogens is 3. The molecule has 6 aromatic rings. The largest absolute Gasteiger partial charge is 0.419 e. The quantitative estimate of drug-likeness (QED) is 0.285. The van der Waals surface area contributed by atoms with E-state index in [0.29, 0.717) is 25.5 Å². The molecule has 0 saturated heterocycles. The predicted molar refractivity (Wildman–Crippen MR) is 133 cm³/mol. The maximum Gasteiger partial charge on any atom is 0.419 e. The molecule has 180 valence electrons. The van der Waals surface area contributed by atoms with Crippen molar-refractivity contribution in [2.75, 3.05) is 11.4 Å². The Balaban J connectivity index is 1.50. The maximum absolute atomic E-state index is 13.0. The number of fused-ring (bicyclic) bond motifs is 10. The summed E-state index contributed by atoms with van der Waals surface area (Å²) in [6.07, 6.45) is -0.206. The Morgan fingerprint density at radius 2 is 1.72 bits per heavy atom. The van der Waals surface area contributed by atoms with Crippen molar-refractivity contribution in [1.29, 1.82) is 0 Å². The summed E-state index contributed by atoms with van der Waals surface area (Å²) >= 11 is 0. The third-order valence-electron chi connectivity index (χ3n) is 7.31. The van der Waals surface area contributed by atoms with Crippen molar-refractivity contribution >= 4 is 44.0 Å². The van der Waals surface area contributed by atoms with Crippen LogP contribution in [0.15, 0.2) is 48.9 Å². The molecule has 4 aromatic heterocycles. The summed E-state index contributed by atoms with van der Waals surface area (Å²) in [4.78, 5) is 14.7. The van der Waals surface area contributed by atoms with Crippen LogP contribution in [-0.4, -0.2) is 31.1 Å². The summed E-state index contributed by atoms with van der Waals surface area (Å²) in [5.74, 6) is 0.297. The van der Waals surface area contributed by atoms with Crippen molar-refractivity contribution in [3.8, 4) is 0 Å². The Morgan fingerprint density at radius 3 is 2.50 bits per heavy atom. The van der Waals surface area contributed by atoms with Gasteiger partial charge in [0.2, 0.25) is 5.95 Å². The van der Waals surface area contributed by atoms with Gasteiger partial charge in [-0.1, -0.05) is 18.2 Å². The molecule has 5 heterocycles. The molecule has 1 aliphatic rings. The minimum atomic E-state index is -4.46. The topological polar surface area (TPSA) is 62.1 Å². The van der Waals surface area contributed by atoms with Crippen LogP contribution in [-0.2, 0) is 19.1 Å². The van der Waals surface area contributed by atoms with Crippen LogP contribution in [0.2, 0.25) is 0 Å². The van der Waals surface area contributed by atoms with Gasteiger partial charge in [-0.3, -0.25) is 14.6 Å². The minimum Gasteiger partial charge on any atom is -0.336 e. The molecule has 0 amide bonds. The second kappa shape index (κ2) is 7.19. The molecule has 0 spiro atoms. The van der Waals surface area contributed by atoms with Crippen LogP contribution < -0.4 is 4.90 Å². The summed E-state index contributed by atoms with van der Waals surface area (Å²) in [6, 6.07) is 10.6. The summed E-state index contributed by atoms with van der Waals surface area (Å²) in [6.45, 7) is 5.29. The summed E-state index contributed by atoms with van der Waals surface area (Å²) in [5.41, 5.74) is 6.81. The van der Waals surface area contributed by atoms with Crippen molar-refractivity contribution in [1.82, 2.24) is 24.6 Å². The number of nitrogens with zero attached hydrogens (tertiary/aromatic N) is 5. The van der Waals surface area contributed by atoms with Gasteiger partial charge in [0.15, 0.2) is 0 Å². The molecule has 9 heteroatoms. The SMILES string of the molecule is Cc1cc2c3cccc(C)c3n3[nH]c4c(c3c2c2ccnc12)CN(c1ncc(C(F)(F)F)cn1)CC4. The van der Waals surface area contributed by atoms with Gasteiger partial charge in [0.25, 0.3) is 0 Å². The third kappa shape index (κ3) is 2.88. The molecule has 0 atom stereocenters. The standard InChI is InChI=1S/C27H21F3N6/c1-14-4-3-5-17-19-10-15(2)23-18(6-8-31-23)22(19)25-20-13-35(9-7-21(20)34-36(25)24(14)17)26-32-11-16(12-33-26)27(28,29)30/h3-6,8,10-12,34H,7,9,13H2,1-2H3. The van der Waals surface area contributed by atoms with E-state index < -0.39 is 11.7 Å². The van der Waals surface area contributed by atoms with E-state index in [1.54, 1.807) is 0 Å². The fourth-order valence-electron chi connectivity index (χ4n) is 5.66. The molecule has 0 unspecified atom stereocenters. The number of aryl methyl sites for hydroxylation is 2. The Bertz CT molecular complexity index is 1830. The second-order valence-electron chi connectivity index (χ2n) is 9.49. The molecule has 0 aliphatic carbocycles. The van der Waals surface area contributed by atoms with Crippen molar-refractivity contribution in [2.24, 2.45) is 0 Å². The fourth-order valence-corrected chi connectivity index (χ4v) is 5.66. The highest BCUT2D eigenvalue weighted by atomic mass is 19.4. The van der Waals surface area contributed by atoms with E-state index in [1.165, 1.54) is 0 Å². The van der Waals surface area contributed by atoms with E-state index in [2.05, 4.69) is 68.7 Å². The lowest BCUT2D eigenvalue weighted by Gasteiger charge is -2.27. The Hall–Kier alpha value is -4.14. The van der Waals surface area contributed by atoms with Gasteiger partial charge in [0.05, 0.1) is 22.1 Å². The van der Waals surface area contributed by atoms with Gasteiger partial charge in [-0.05, 0) is 42.5 Å². The zero-order valence-corrected chi connectivity index (χ0v) is 19.6. The normalized spacial score (nSPS) is 14.4. The number of para-hydroxylation sites is 1. The lowest BCUT2D eigenvalue weighted by atomic mass is 9.95. The van der Waals surface area contributed by atoms with Crippen molar-refractivity contribution in [3.05, 3.63) is 76.9 Å². The zero-order valence-electron chi connectivity index (χ0n) is 19.6. The number of aromatic nitrogens is 5. The Labute approximate surface area is 203 Å². The number of hydrogen-bond donors (Lipinski definition) is 1. The number of pyridine rings is 1. The summed E-state index contributed by atoms with van der Waals surface area (Å²) in [7, 11) is 0. The zero-order chi connectivity index (χ0) is 24.8. The van der Waals surface area contributed by atoms with Crippen LogP contribution in [0.5, 0.6) is 0 Å². The number of anilines is 1. The van der Waals surface area contributed by atoms with Crippen LogP contribution in [0.4, 0.5) is 19.1 Å². The van der Waals surface area contributed by atoms with Crippen LogP contribution in [0.1, 0.15) is 27.9 Å². The molecule has 7 rings (SSSR count). The van der Waals surface area contributed by atoms with E-state index in [1.807, 2.05) is 11.1 Å². The van der Waals surface area contributed by atoms with Gasteiger partial charge in [-0.25, -0.2) is 9.97 Å². The first-order chi connectivity index (χ1) is 17.3. The summed E-state index contributed by atoms with van der Waals surface area (Å²) in [5, 5.41) is 8.19. The van der Waals surface area contributed by atoms with Crippen molar-refractivity contribution < 1.29 is 13.2 Å². The van der Waals surface area contributed by atoms with Gasteiger partial charge in [0, 0.05) is 65.5 Å². The number of nitrogens with one attached hydrogen (secondary N) is 1. The molecular formula is C27H21F3N6. The Morgan fingerprint density at radius 1 is 0.917 bits per heavy atom. The predicted octanol–water partition coefficient (Wildman–Crippen LogP) is 6.11. The average molecular weight is 487 g/mol. The number of benzene rings is 2. The highest BCUT2D eigenvalue weighted by Gasteiger charge is 2.32. The lowest BCUT2D eigenvalue weighted by Crippen LogP contribution is -2.31. The minimum absolute atomic E-state index is 0.297. The van der Waals surface area contributed by atoms with E-state index >= 15 is 0 Å². The second-order valence-corrected chi connectivity index (χ2v) is 9.49. The number of alkyl halides is 3. The van der Waals surface area contributed by atoms with Gasteiger partial charge in [0.1, 0.15) is 0 Å². The lowest BCUT2D eigenvalue weighted by molar-refractivity contribution is -0.138. The smallest absolute Gasteiger partial charge is 0.336 e. The molecule has 2 aromatic carbocycles. The molecule has 1 aliphatic heterocycles. The average Bonchev–Trinajstić information content (AvgIpc) is 3.49. The fraction of sp³-hybridized carbons (Fsp3) is 0.222. The molecule has 1 N–H and O–H groups in total. The first-order valence-electron chi connectivity index (χ1n) is 11.8. The number of H-pyrrole nitrogens is 1. The third-order valence-corrected chi connectivity index (χ3v) is 7.31. The van der Waals surface area contributed by atoms with Gasteiger partial charge in [-0.2, -0.15) is 13.2 Å². The van der Waals surface area contributed by atoms with E-state index in [9.17, 15) is 13.2 Å². The first kappa shape index (κ1) is 21.2. The van der Waals surface area contributed by atoms with Crippen LogP contribution >= 0.6 is 0 Å². The molecule has 0 fully saturated rings. The summed E-state index contributed by atoms with van der Waals surface area (Å²) < 4.78 is 41.2. The van der Waals surface area contributed by atoms with Crippen LogP contribution in [0.3, 0.4) is 0 Å². The van der Waals surface area contributed by atoms with Gasteiger partial charge < -0.3 is 4.90 Å². The number of rotatable bonds is 1. The molecule has 0 radical (unpaired) electrons. The van der Waals surface area contributed by atoms with E-state index in [-0.39, 0.29) is 0 Å². The maximum atomic E-state index is 13.0. The highest BCUT2D eigenvalue weighted by Crippen LogP contribution is 2.40. The monoisotopic (exact) mass is 486 g/mol. The number of hydrogen-bond acceptors (Lipinski definition) is 4. The molecule has 0 bridgehead atoms. The number of aromatic amines is 1. The van der Waals surface area contributed by atoms with Crippen molar-refractivity contribution in [3.63, 3.8) is 0 Å². The van der Waals surface area contributed by atoms with Gasteiger partial charge >= 0.3 is 6.18 Å². The highest BCUT2D eigenvalue weighted by molar-refractivity contribution is 6.23. The molecule has 0 saturated carbocycles. The molecule has 36 heavy (non-hydrogen) atoms. The van der Waals surface area contributed by atoms with Gasteiger partial charge in [-0.15, -0.1) is 0 Å². The molecular weight excluding hydrogens is 465 g/mol. The Kier molecular flexibility index (Phi) is 4.23. The van der Waals surface area contributed by atoms with Crippen molar-refractivity contribution in [2.45, 2.75) is 33.0 Å². The van der Waals surface area contributed by atoms with E-state index in [4.69, 9.17) is 0 Å². The van der Waals surface area contributed by atoms with Crippen LogP contribution in [0, 0.1) is 13.8 Å².